The van der Waals surface area contributed by atoms with Gasteiger partial charge in [-0.15, -0.1) is 5.10 Å². The molecule has 3 aromatic rings. The summed E-state index contributed by atoms with van der Waals surface area (Å²) in [4.78, 5) is 16.3. The lowest BCUT2D eigenvalue weighted by molar-refractivity contribution is 0.0492. The van der Waals surface area contributed by atoms with Crippen LogP contribution in [-0.2, 0) is 11.8 Å². The van der Waals surface area contributed by atoms with Crippen molar-refractivity contribution in [3.05, 3.63) is 42.2 Å². The van der Waals surface area contributed by atoms with Crippen LogP contribution in [0.2, 0.25) is 0 Å². The summed E-state index contributed by atoms with van der Waals surface area (Å²) in [6, 6.07) is 8.46. The van der Waals surface area contributed by atoms with E-state index in [1.807, 2.05) is 19.2 Å². The Morgan fingerprint density at radius 1 is 1.36 bits per heavy atom. The Balaban J connectivity index is 1.50. The molecule has 1 aromatic carbocycles. The number of benzene rings is 1. The number of fused-ring (bicyclic) bond motifs is 1. The third-order valence-corrected chi connectivity index (χ3v) is 4.87. The average Bonchev–Trinajstić information content (AvgIpc) is 3.03. The lowest BCUT2D eigenvalue weighted by Gasteiger charge is -2.21. The van der Waals surface area contributed by atoms with E-state index in [1.54, 1.807) is 16.8 Å². The number of aryl methyl sites for hydroxylation is 1. The fraction of sp³-hybridized carbons (Fsp3) is 0.350. The molecular weight excluding hydrogens is 360 g/mol. The van der Waals surface area contributed by atoms with Crippen LogP contribution in [0.25, 0.3) is 10.9 Å². The molecule has 0 atom stereocenters. The highest BCUT2D eigenvalue weighted by Crippen LogP contribution is 2.28. The molecule has 2 N–H and O–H groups in total. The summed E-state index contributed by atoms with van der Waals surface area (Å²) >= 11 is 0. The molecule has 1 saturated heterocycles. The SMILES string of the molecule is Cn1nc(OCC2CCOCC2)c2ccc(NC(=O)c3ncccc3O)cc21. The number of rotatable bonds is 5. The first kappa shape index (κ1) is 18.2. The van der Waals surface area contributed by atoms with Crippen LogP contribution in [0, 0.1) is 5.92 Å². The van der Waals surface area contributed by atoms with Crippen LogP contribution >= 0.6 is 0 Å². The van der Waals surface area contributed by atoms with Crippen LogP contribution in [0.1, 0.15) is 23.3 Å². The average molecular weight is 382 g/mol. The first-order chi connectivity index (χ1) is 13.6. The second-order valence-electron chi connectivity index (χ2n) is 6.85. The second-order valence-corrected chi connectivity index (χ2v) is 6.85. The van der Waals surface area contributed by atoms with Crippen molar-refractivity contribution in [2.24, 2.45) is 13.0 Å². The Hall–Kier alpha value is -3.13. The van der Waals surface area contributed by atoms with E-state index < -0.39 is 5.91 Å². The molecule has 3 heterocycles. The summed E-state index contributed by atoms with van der Waals surface area (Å²) in [7, 11) is 1.83. The van der Waals surface area contributed by atoms with Crippen molar-refractivity contribution in [3.8, 4) is 11.6 Å². The van der Waals surface area contributed by atoms with Gasteiger partial charge in [-0.25, -0.2) is 4.98 Å². The minimum Gasteiger partial charge on any atom is -0.505 e. The first-order valence-corrected chi connectivity index (χ1v) is 9.24. The summed E-state index contributed by atoms with van der Waals surface area (Å²) in [6.07, 6.45) is 3.46. The normalized spacial score (nSPS) is 14.9. The highest BCUT2D eigenvalue weighted by Gasteiger charge is 2.18. The number of aromatic nitrogens is 3. The summed E-state index contributed by atoms with van der Waals surface area (Å²) in [5.41, 5.74) is 1.40. The van der Waals surface area contributed by atoms with Crippen molar-refractivity contribution in [2.45, 2.75) is 12.8 Å². The van der Waals surface area contributed by atoms with Gasteiger partial charge in [0.15, 0.2) is 5.69 Å². The predicted molar refractivity (Wildman–Crippen MR) is 104 cm³/mol. The summed E-state index contributed by atoms with van der Waals surface area (Å²) < 4.78 is 13.1. The Morgan fingerprint density at radius 3 is 2.96 bits per heavy atom. The molecule has 0 unspecified atom stereocenters. The highest BCUT2D eigenvalue weighted by molar-refractivity contribution is 6.05. The van der Waals surface area contributed by atoms with Gasteiger partial charge in [0.1, 0.15) is 5.75 Å². The Morgan fingerprint density at radius 2 is 2.18 bits per heavy atom. The molecule has 8 heteroatoms. The van der Waals surface area contributed by atoms with E-state index in [9.17, 15) is 9.90 Å². The molecule has 0 radical (unpaired) electrons. The molecule has 1 fully saturated rings. The van der Waals surface area contributed by atoms with E-state index in [2.05, 4.69) is 15.4 Å². The smallest absolute Gasteiger partial charge is 0.278 e. The minimum absolute atomic E-state index is 0.0203. The number of hydrogen-bond acceptors (Lipinski definition) is 6. The van der Waals surface area contributed by atoms with Crippen LogP contribution < -0.4 is 10.1 Å². The Kier molecular flexibility index (Phi) is 5.12. The van der Waals surface area contributed by atoms with Gasteiger partial charge in [0.05, 0.1) is 17.5 Å². The molecule has 1 aliphatic rings. The maximum absolute atomic E-state index is 12.3. The molecule has 146 valence electrons. The molecule has 0 spiro atoms. The van der Waals surface area contributed by atoms with Crippen LogP contribution in [0.3, 0.4) is 0 Å². The largest absolute Gasteiger partial charge is 0.505 e. The van der Waals surface area contributed by atoms with Crippen LogP contribution in [0.4, 0.5) is 5.69 Å². The second kappa shape index (κ2) is 7.85. The van der Waals surface area contributed by atoms with Crippen LogP contribution in [-0.4, -0.2) is 45.6 Å². The number of nitrogens with zero attached hydrogens (tertiary/aromatic N) is 3. The van der Waals surface area contributed by atoms with E-state index in [4.69, 9.17) is 9.47 Å². The lowest BCUT2D eigenvalue weighted by Crippen LogP contribution is -2.21. The number of anilines is 1. The third-order valence-electron chi connectivity index (χ3n) is 4.87. The number of carbonyl (C=O) groups is 1. The molecule has 1 aliphatic heterocycles. The van der Waals surface area contributed by atoms with E-state index in [-0.39, 0.29) is 11.4 Å². The third kappa shape index (κ3) is 3.77. The maximum atomic E-state index is 12.3. The maximum Gasteiger partial charge on any atom is 0.278 e. The van der Waals surface area contributed by atoms with Crippen molar-refractivity contribution in [1.82, 2.24) is 14.8 Å². The molecule has 0 aliphatic carbocycles. The van der Waals surface area contributed by atoms with Crippen LogP contribution in [0.15, 0.2) is 36.5 Å². The molecule has 2 aromatic heterocycles. The van der Waals surface area contributed by atoms with Crippen LogP contribution in [0.5, 0.6) is 11.6 Å². The van der Waals surface area contributed by atoms with Gasteiger partial charge in [-0.05, 0) is 49.1 Å². The highest BCUT2D eigenvalue weighted by atomic mass is 16.5. The van der Waals surface area contributed by atoms with Gasteiger partial charge < -0.3 is 19.9 Å². The van der Waals surface area contributed by atoms with Gasteiger partial charge in [-0.2, -0.15) is 0 Å². The minimum atomic E-state index is -0.476. The lowest BCUT2D eigenvalue weighted by atomic mass is 10.0. The van der Waals surface area contributed by atoms with Gasteiger partial charge in [-0.1, -0.05) is 0 Å². The molecule has 8 nitrogen and oxygen atoms in total. The molecule has 4 rings (SSSR count). The summed E-state index contributed by atoms with van der Waals surface area (Å²) in [6.45, 7) is 2.19. The van der Waals surface area contributed by atoms with Crippen molar-refractivity contribution in [3.63, 3.8) is 0 Å². The molecule has 0 bridgehead atoms. The fourth-order valence-electron chi connectivity index (χ4n) is 3.28. The number of ether oxygens (including phenoxy) is 2. The van der Waals surface area contributed by atoms with Gasteiger partial charge in [-0.3, -0.25) is 9.48 Å². The summed E-state index contributed by atoms with van der Waals surface area (Å²) in [5.74, 6) is 0.431. The van der Waals surface area contributed by atoms with Crippen molar-refractivity contribution >= 4 is 22.5 Å². The number of carbonyl (C=O) groups excluding carboxylic acids is 1. The van der Waals surface area contributed by atoms with Crippen molar-refractivity contribution in [1.29, 1.82) is 0 Å². The monoisotopic (exact) mass is 382 g/mol. The van der Waals surface area contributed by atoms with E-state index in [1.165, 1.54) is 12.3 Å². The quantitative estimate of drug-likeness (QED) is 0.704. The molecule has 0 saturated carbocycles. The Bertz CT molecular complexity index is 995. The van der Waals surface area contributed by atoms with Gasteiger partial charge in [0.25, 0.3) is 5.91 Å². The van der Waals surface area contributed by atoms with Crippen molar-refractivity contribution < 1.29 is 19.4 Å². The fourth-order valence-corrected chi connectivity index (χ4v) is 3.28. The number of hydrogen-bond donors (Lipinski definition) is 2. The topological polar surface area (TPSA) is 98.5 Å². The molecule has 28 heavy (non-hydrogen) atoms. The van der Waals surface area contributed by atoms with Gasteiger partial charge in [0.2, 0.25) is 5.88 Å². The number of pyridine rings is 1. The van der Waals surface area contributed by atoms with Gasteiger partial charge in [0, 0.05) is 32.1 Å². The number of amides is 1. The van der Waals surface area contributed by atoms with E-state index >= 15 is 0 Å². The number of nitrogens with one attached hydrogen (secondary N) is 1. The molecular formula is C20H22N4O4. The van der Waals surface area contributed by atoms with Gasteiger partial charge >= 0.3 is 0 Å². The van der Waals surface area contributed by atoms with E-state index in [0.29, 0.717) is 24.1 Å². The van der Waals surface area contributed by atoms with E-state index in [0.717, 1.165) is 37.0 Å². The summed E-state index contributed by atoms with van der Waals surface area (Å²) in [5, 5.41) is 17.9. The zero-order valence-corrected chi connectivity index (χ0v) is 15.6. The first-order valence-electron chi connectivity index (χ1n) is 9.24. The molecule has 1 amide bonds. The zero-order valence-electron chi connectivity index (χ0n) is 15.6. The standard InChI is InChI=1S/C20H22N4O4/c1-24-16-11-14(22-19(26)18-17(25)3-2-8-21-18)4-5-15(16)20(23-24)28-12-13-6-9-27-10-7-13/h2-5,8,11,13,25H,6-7,9-10,12H2,1H3,(H,22,26). The Labute approximate surface area is 162 Å². The zero-order chi connectivity index (χ0) is 19.5. The van der Waals surface area contributed by atoms with Crippen molar-refractivity contribution in [2.75, 3.05) is 25.1 Å². The number of aromatic hydroxyl groups is 1. The predicted octanol–water partition coefficient (Wildman–Crippen LogP) is 2.73.